The third kappa shape index (κ3) is 8.22. The fourth-order valence-electron chi connectivity index (χ4n) is 2.97. The van der Waals surface area contributed by atoms with Crippen molar-refractivity contribution in [3.8, 4) is 0 Å². The summed E-state index contributed by atoms with van der Waals surface area (Å²) < 4.78 is 26.4. The fraction of sp³-hybridized carbons (Fsp3) is 1.00. The minimum absolute atomic E-state index is 0.230. The van der Waals surface area contributed by atoms with Gasteiger partial charge in [-0.1, -0.05) is 40.0 Å². The summed E-state index contributed by atoms with van der Waals surface area (Å²) in [6.07, 6.45) is 6.84. The summed E-state index contributed by atoms with van der Waals surface area (Å²) in [5.41, 5.74) is 0. The Morgan fingerprint density at radius 3 is 2.60 bits per heavy atom. The van der Waals surface area contributed by atoms with Crippen molar-refractivity contribution in [1.82, 2.24) is 10.0 Å². The Bertz CT molecular complexity index is 355. The highest BCUT2D eigenvalue weighted by molar-refractivity contribution is 7.89. The van der Waals surface area contributed by atoms with Crippen LogP contribution in [0.2, 0.25) is 0 Å². The first-order valence-corrected chi connectivity index (χ1v) is 9.75. The minimum atomic E-state index is -3.08. The lowest BCUT2D eigenvalue weighted by Crippen LogP contribution is -2.31. The molecule has 1 fully saturated rings. The molecule has 2 atom stereocenters. The molecule has 120 valence electrons. The van der Waals surface area contributed by atoms with Crippen molar-refractivity contribution in [3.05, 3.63) is 0 Å². The predicted molar refractivity (Wildman–Crippen MR) is 85.3 cm³/mol. The van der Waals surface area contributed by atoms with Crippen molar-refractivity contribution < 1.29 is 8.42 Å². The molecule has 0 aromatic carbocycles. The lowest BCUT2D eigenvalue weighted by molar-refractivity contribution is 0.271. The number of nitrogens with one attached hydrogen (secondary N) is 2. The number of rotatable bonds is 9. The van der Waals surface area contributed by atoms with E-state index in [1.54, 1.807) is 0 Å². The molecule has 20 heavy (non-hydrogen) atoms. The van der Waals surface area contributed by atoms with Crippen LogP contribution in [0.4, 0.5) is 0 Å². The summed E-state index contributed by atoms with van der Waals surface area (Å²) in [5, 5.41) is 3.24. The molecule has 1 aliphatic rings. The maximum Gasteiger partial charge on any atom is 0.211 e. The normalized spacial score (nSPS) is 24.2. The molecule has 0 spiro atoms. The molecule has 1 aliphatic carbocycles. The molecule has 5 heteroatoms. The molecule has 0 saturated heterocycles. The molecule has 0 aromatic rings. The molecule has 0 bridgehead atoms. The smallest absolute Gasteiger partial charge is 0.211 e. The third-order valence-corrected chi connectivity index (χ3v) is 5.53. The van der Waals surface area contributed by atoms with Gasteiger partial charge < -0.3 is 5.32 Å². The van der Waals surface area contributed by atoms with E-state index >= 15 is 0 Å². The fourth-order valence-corrected chi connectivity index (χ4v) is 4.06. The van der Waals surface area contributed by atoms with Gasteiger partial charge in [-0.3, -0.25) is 0 Å². The third-order valence-electron chi connectivity index (χ3n) is 4.06. The van der Waals surface area contributed by atoms with Crippen molar-refractivity contribution >= 4 is 10.0 Å². The van der Waals surface area contributed by atoms with Gasteiger partial charge >= 0.3 is 0 Å². The molecule has 0 amide bonds. The number of hydrogen-bond donors (Lipinski definition) is 2. The molecular weight excluding hydrogens is 272 g/mol. The Morgan fingerprint density at radius 1 is 1.20 bits per heavy atom. The van der Waals surface area contributed by atoms with Crippen LogP contribution >= 0.6 is 0 Å². The number of hydrogen-bond acceptors (Lipinski definition) is 3. The molecule has 0 aliphatic heterocycles. The summed E-state index contributed by atoms with van der Waals surface area (Å²) >= 11 is 0. The molecule has 1 saturated carbocycles. The molecule has 0 heterocycles. The lowest BCUT2D eigenvalue weighted by atomic mass is 9.81. The van der Waals surface area contributed by atoms with Crippen LogP contribution in [0.15, 0.2) is 0 Å². The van der Waals surface area contributed by atoms with E-state index in [1.807, 2.05) is 0 Å². The molecule has 2 unspecified atom stereocenters. The van der Waals surface area contributed by atoms with Gasteiger partial charge in [0.2, 0.25) is 10.0 Å². The highest BCUT2D eigenvalue weighted by Crippen LogP contribution is 2.30. The van der Waals surface area contributed by atoms with Crippen molar-refractivity contribution in [2.75, 3.05) is 18.8 Å². The Balaban J connectivity index is 2.12. The maximum atomic E-state index is 11.8. The second-order valence-corrected chi connectivity index (χ2v) is 8.53. The van der Waals surface area contributed by atoms with E-state index in [9.17, 15) is 8.42 Å². The van der Waals surface area contributed by atoms with Crippen molar-refractivity contribution in [1.29, 1.82) is 0 Å². The van der Waals surface area contributed by atoms with E-state index in [4.69, 9.17) is 0 Å². The molecule has 1 rings (SSSR count). The van der Waals surface area contributed by atoms with Crippen molar-refractivity contribution in [2.24, 2.45) is 11.8 Å². The van der Waals surface area contributed by atoms with Crippen LogP contribution in [0.25, 0.3) is 0 Å². The van der Waals surface area contributed by atoms with Gasteiger partial charge in [0.05, 0.1) is 5.75 Å². The van der Waals surface area contributed by atoms with Crippen LogP contribution in [0.5, 0.6) is 0 Å². The lowest BCUT2D eigenvalue weighted by Gasteiger charge is -2.26. The van der Waals surface area contributed by atoms with Crippen LogP contribution in [0.1, 0.15) is 59.3 Å². The second-order valence-electron chi connectivity index (χ2n) is 6.60. The monoisotopic (exact) mass is 304 g/mol. The zero-order valence-electron chi connectivity index (χ0n) is 13.3. The van der Waals surface area contributed by atoms with E-state index in [1.165, 1.54) is 25.7 Å². The van der Waals surface area contributed by atoms with E-state index in [0.717, 1.165) is 18.9 Å². The predicted octanol–water partition coefficient (Wildman–Crippen LogP) is 2.51. The van der Waals surface area contributed by atoms with E-state index in [0.29, 0.717) is 24.9 Å². The van der Waals surface area contributed by atoms with Crippen LogP contribution in [0.3, 0.4) is 0 Å². The first kappa shape index (κ1) is 17.9. The molecule has 4 nitrogen and oxygen atoms in total. The first-order chi connectivity index (χ1) is 9.39. The quantitative estimate of drug-likeness (QED) is 0.644. The first-order valence-electron chi connectivity index (χ1n) is 8.10. The summed E-state index contributed by atoms with van der Waals surface area (Å²) in [5.74, 6) is 1.75. The van der Waals surface area contributed by atoms with E-state index in [2.05, 4.69) is 30.8 Å². The average molecular weight is 305 g/mol. The summed E-state index contributed by atoms with van der Waals surface area (Å²) in [6, 6.07) is 0.416. The molecule has 2 N–H and O–H groups in total. The Morgan fingerprint density at radius 2 is 1.95 bits per heavy atom. The Kier molecular flexibility index (Phi) is 8.07. The van der Waals surface area contributed by atoms with E-state index < -0.39 is 10.0 Å². The van der Waals surface area contributed by atoms with Crippen LogP contribution in [0, 0.1) is 11.8 Å². The Labute approximate surface area is 125 Å². The zero-order valence-corrected chi connectivity index (χ0v) is 14.1. The van der Waals surface area contributed by atoms with Crippen LogP contribution in [-0.2, 0) is 10.0 Å². The summed E-state index contributed by atoms with van der Waals surface area (Å²) in [6.45, 7) is 7.81. The molecule has 0 radical (unpaired) electrons. The topological polar surface area (TPSA) is 58.2 Å². The maximum absolute atomic E-state index is 11.8. The minimum Gasteiger partial charge on any atom is -0.314 e. The SMILES string of the molecule is CC1CCCC(CCNS(=O)(=O)CCCNC(C)C)C1. The van der Waals surface area contributed by atoms with Gasteiger partial charge in [-0.2, -0.15) is 0 Å². The average Bonchev–Trinajstić information content (AvgIpc) is 2.34. The van der Waals surface area contributed by atoms with Crippen LogP contribution in [-0.4, -0.2) is 33.3 Å². The van der Waals surface area contributed by atoms with Gasteiger partial charge in [-0.05, 0) is 37.6 Å². The van der Waals surface area contributed by atoms with Crippen molar-refractivity contribution in [2.45, 2.75) is 65.3 Å². The van der Waals surface area contributed by atoms with Gasteiger partial charge in [-0.15, -0.1) is 0 Å². The number of sulfonamides is 1. The van der Waals surface area contributed by atoms with Gasteiger partial charge in [0.25, 0.3) is 0 Å². The van der Waals surface area contributed by atoms with Gasteiger partial charge in [0.15, 0.2) is 0 Å². The Hall–Kier alpha value is -0.130. The van der Waals surface area contributed by atoms with Gasteiger partial charge in [-0.25, -0.2) is 13.1 Å². The molecule has 0 aromatic heterocycles. The van der Waals surface area contributed by atoms with Gasteiger partial charge in [0.1, 0.15) is 0 Å². The standard InChI is InChI=1S/C15H32N2O2S/c1-13(2)16-9-5-11-20(18,19)17-10-8-15-7-4-6-14(3)12-15/h13-17H,4-12H2,1-3H3. The zero-order chi connectivity index (χ0) is 15.0. The second kappa shape index (κ2) is 9.00. The highest BCUT2D eigenvalue weighted by atomic mass is 32.2. The summed E-state index contributed by atoms with van der Waals surface area (Å²) in [4.78, 5) is 0. The molecular formula is C15H32N2O2S. The largest absolute Gasteiger partial charge is 0.314 e. The van der Waals surface area contributed by atoms with Gasteiger partial charge in [0, 0.05) is 12.6 Å². The van der Waals surface area contributed by atoms with Crippen LogP contribution < -0.4 is 10.0 Å². The van der Waals surface area contributed by atoms with Crippen molar-refractivity contribution in [3.63, 3.8) is 0 Å². The highest BCUT2D eigenvalue weighted by Gasteiger charge is 2.19. The van der Waals surface area contributed by atoms with E-state index in [-0.39, 0.29) is 5.75 Å². The summed E-state index contributed by atoms with van der Waals surface area (Å²) in [7, 11) is -3.08.